The fraction of sp³-hybridized carbons (Fsp3) is 0. The molecule has 7 aromatic carbocycles. The van der Waals surface area contributed by atoms with E-state index in [0.717, 1.165) is 39.1 Å². The Bertz CT molecular complexity index is 3260. The van der Waals surface area contributed by atoms with E-state index in [1.807, 2.05) is 18.6 Å². The molecule has 0 aliphatic heterocycles. The molecule has 0 radical (unpaired) electrons. The molecule has 52 heavy (non-hydrogen) atoms. The van der Waals surface area contributed by atoms with E-state index in [-0.39, 0.29) is 0 Å². The van der Waals surface area contributed by atoms with Gasteiger partial charge in [-0.05, 0) is 76.2 Å². The Kier molecular flexibility index (Phi) is 5.47. The van der Waals surface area contributed by atoms with E-state index in [0.29, 0.717) is 0 Å². The molecule has 4 heterocycles. The van der Waals surface area contributed by atoms with Crippen molar-refractivity contribution in [3.05, 3.63) is 170 Å². The molecule has 1 aliphatic carbocycles. The monoisotopic (exact) mass is 660 g/mol. The van der Waals surface area contributed by atoms with Crippen molar-refractivity contribution in [2.24, 2.45) is 0 Å². The summed E-state index contributed by atoms with van der Waals surface area (Å²) in [6, 6.07) is 55.2. The van der Waals surface area contributed by atoms with Gasteiger partial charge in [0, 0.05) is 73.1 Å². The molecule has 240 valence electrons. The van der Waals surface area contributed by atoms with Crippen molar-refractivity contribution in [2.75, 3.05) is 0 Å². The first kappa shape index (κ1) is 27.7. The summed E-state index contributed by atoms with van der Waals surface area (Å²) < 4.78 is 4.77. The van der Waals surface area contributed by atoms with Crippen molar-refractivity contribution >= 4 is 65.2 Å². The van der Waals surface area contributed by atoms with Crippen molar-refractivity contribution in [3.63, 3.8) is 0 Å². The molecule has 0 unspecified atom stereocenters. The van der Waals surface area contributed by atoms with Crippen LogP contribution in [0.4, 0.5) is 0 Å². The normalized spacial score (nSPS) is 12.2. The third-order valence-electron chi connectivity index (χ3n) is 11.2. The molecule has 0 saturated heterocycles. The molecule has 12 rings (SSSR count). The zero-order valence-corrected chi connectivity index (χ0v) is 28.0. The molecule has 0 saturated carbocycles. The van der Waals surface area contributed by atoms with Crippen LogP contribution in [0.25, 0.3) is 110 Å². The van der Waals surface area contributed by atoms with Crippen LogP contribution in [-0.2, 0) is 0 Å². The van der Waals surface area contributed by atoms with E-state index in [1.54, 1.807) is 0 Å². The average Bonchev–Trinajstić information content (AvgIpc) is 3.85. The van der Waals surface area contributed by atoms with Crippen molar-refractivity contribution in [1.82, 2.24) is 19.1 Å². The smallest absolute Gasteiger partial charge is 0.145 e. The maximum atomic E-state index is 5.18. The lowest BCUT2D eigenvalue weighted by atomic mass is 10.00. The summed E-state index contributed by atoms with van der Waals surface area (Å²) in [7, 11) is 0. The van der Waals surface area contributed by atoms with Gasteiger partial charge < -0.3 is 4.57 Å². The number of pyridine rings is 2. The fourth-order valence-corrected chi connectivity index (χ4v) is 8.93. The molecule has 0 amide bonds. The van der Waals surface area contributed by atoms with Gasteiger partial charge in [0.25, 0.3) is 0 Å². The summed E-state index contributed by atoms with van der Waals surface area (Å²) in [5, 5.41) is 9.82. The van der Waals surface area contributed by atoms with Crippen LogP contribution in [-0.4, -0.2) is 19.1 Å². The third-order valence-corrected chi connectivity index (χ3v) is 11.2. The van der Waals surface area contributed by atoms with Crippen LogP contribution in [0.3, 0.4) is 0 Å². The quantitative estimate of drug-likeness (QED) is 0.189. The summed E-state index contributed by atoms with van der Waals surface area (Å²) in [6.45, 7) is 0. The maximum Gasteiger partial charge on any atom is 0.145 e. The van der Waals surface area contributed by atoms with E-state index < -0.39 is 0 Å². The first-order valence-corrected chi connectivity index (χ1v) is 17.7. The second-order valence-electron chi connectivity index (χ2n) is 13.8. The highest BCUT2D eigenvalue weighted by Crippen LogP contribution is 2.48. The van der Waals surface area contributed by atoms with Crippen LogP contribution < -0.4 is 0 Å². The third kappa shape index (κ3) is 3.65. The largest absolute Gasteiger partial charge is 0.309 e. The molecule has 11 aromatic rings. The van der Waals surface area contributed by atoms with Crippen molar-refractivity contribution in [2.45, 2.75) is 0 Å². The van der Waals surface area contributed by atoms with Crippen LogP contribution >= 0.6 is 0 Å². The Labute approximate surface area is 298 Å². The predicted octanol–water partition coefficient (Wildman–Crippen LogP) is 12.3. The highest BCUT2D eigenvalue weighted by molar-refractivity contribution is 6.20. The van der Waals surface area contributed by atoms with E-state index in [4.69, 9.17) is 4.98 Å². The van der Waals surface area contributed by atoms with Gasteiger partial charge in [-0.15, -0.1) is 0 Å². The lowest BCUT2D eigenvalue weighted by molar-refractivity contribution is 1.10. The van der Waals surface area contributed by atoms with Crippen LogP contribution in [0.15, 0.2) is 170 Å². The molecular formula is C48H28N4. The zero-order chi connectivity index (χ0) is 33.9. The van der Waals surface area contributed by atoms with Crippen molar-refractivity contribution < 1.29 is 0 Å². The van der Waals surface area contributed by atoms with Gasteiger partial charge >= 0.3 is 0 Å². The van der Waals surface area contributed by atoms with Gasteiger partial charge in [0.15, 0.2) is 0 Å². The highest BCUT2D eigenvalue weighted by atomic mass is 15.1. The highest BCUT2D eigenvalue weighted by Gasteiger charge is 2.25. The van der Waals surface area contributed by atoms with E-state index in [2.05, 4.69) is 166 Å². The summed E-state index contributed by atoms with van der Waals surface area (Å²) in [6.07, 6.45) is 5.88. The van der Waals surface area contributed by atoms with Gasteiger partial charge in [0.05, 0.1) is 22.1 Å². The number of hydrogen-bond donors (Lipinski definition) is 0. The van der Waals surface area contributed by atoms with E-state index in [1.165, 1.54) is 71.0 Å². The second kappa shape index (κ2) is 10.3. The molecule has 0 atom stereocenters. The van der Waals surface area contributed by atoms with Gasteiger partial charge in [0.2, 0.25) is 0 Å². The van der Waals surface area contributed by atoms with Gasteiger partial charge in [-0.2, -0.15) is 0 Å². The molecule has 0 fully saturated rings. The van der Waals surface area contributed by atoms with Crippen LogP contribution in [0, 0.1) is 0 Å². The topological polar surface area (TPSA) is 35.6 Å². The standard InChI is InChI=1S/C48H28N4/c1-2-10-32(11-3-1)51-44-21-18-31(26-40(44)37-20-17-29-9-4-5-12-33(29)47(37)51)30-19-22-45-39(25-30)35-13-6-7-16-43(35)52(45)48-38-15-8-14-36-34-23-24-49-27-41(34)42(28-50-48)46(36)38/h1-28H. The lowest BCUT2D eigenvalue weighted by Gasteiger charge is -2.12. The Hall–Kier alpha value is -7.04. The van der Waals surface area contributed by atoms with Gasteiger partial charge in [0.1, 0.15) is 5.82 Å². The minimum Gasteiger partial charge on any atom is -0.309 e. The number of benzene rings is 7. The van der Waals surface area contributed by atoms with E-state index in [9.17, 15) is 0 Å². The first-order valence-electron chi connectivity index (χ1n) is 17.7. The minimum absolute atomic E-state index is 0.947. The Balaban J connectivity index is 1.08. The van der Waals surface area contributed by atoms with Crippen LogP contribution in [0.5, 0.6) is 0 Å². The minimum atomic E-state index is 0.947. The second-order valence-corrected chi connectivity index (χ2v) is 13.8. The van der Waals surface area contributed by atoms with Crippen LogP contribution in [0.2, 0.25) is 0 Å². The Morgan fingerprint density at radius 2 is 1.12 bits per heavy atom. The molecular weight excluding hydrogens is 633 g/mol. The summed E-state index contributed by atoms with van der Waals surface area (Å²) in [5.74, 6) is 0.947. The van der Waals surface area contributed by atoms with Gasteiger partial charge in [-0.1, -0.05) is 103 Å². The number of para-hydroxylation sites is 2. The molecule has 0 spiro atoms. The predicted molar refractivity (Wildman–Crippen MR) is 216 cm³/mol. The van der Waals surface area contributed by atoms with Crippen LogP contribution in [0.1, 0.15) is 0 Å². The van der Waals surface area contributed by atoms with Gasteiger partial charge in [-0.3, -0.25) is 9.55 Å². The maximum absolute atomic E-state index is 5.18. The number of nitrogens with zero attached hydrogens (tertiary/aromatic N) is 4. The van der Waals surface area contributed by atoms with Crippen molar-refractivity contribution in [1.29, 1.82) is 0 Å². The van der Waals surface area contributed by atoms with Gasteiger partial charge in [-0.25, -0.2) is 4.98 Å². The Morgan fingerprint density at radius 3 is 1.98 bits per heavy atom. The van der Waals surface area contributed by atoms with E-state index >= 15 is 0 Å². The molecule has 0 N–H and O–H groups in total. The molecule has 1 aliphatic rings. The fourth-order valence-electron chi connectivity index (χ4n) is 8.93. The SMILES string of the molecule is c1ccc(-n2c3ccc(-c4ccc5c(c4)c4ccccc4n5-c4ncc5c6c(cccc46)-c4ccncc4-5)cc3c3ccc4ccccc4c32)cc1. The Morgan fingerprint density at radius 1 is 0.404 bits per heavy atom. The number of hydrogen-bond acceptors (Lipinski definition) is 2. The molecule has 4 heteroatoms. The first-order chi connectivity index (χ1) is 25.8. The zero-order valence-electron chi connectivity index (χ0n) is 28.0. The summed E-state index contributed by atoms with van der Waals surface area (Å²) >= 11 is 0. The molecule has 4 aromatic heterocycles. The van der Waals surface area contributed by atoms with Crippen molar-refractivity contribution in [3.8, 4) is 44.9 Å². The summed E-state index contributed by atoms with van der Waals surface area (Å²) in [5.41, 5.74) is 13.1. The summed E-state index contributed by atoms with van der Waals surface area (Å²) in [4.78, 5) is 9.62. The average molecular weight is 661 g/mol. The number of rotatable bonds is 3. The number of aromatic nitrogens is 4. The molecule has 4 nitrogen and oxygen atoms in total. The molecule has 0 bridgehead atoms. The lowest BCUT2D eigenvalue weighted by Crippen LogP contribution is -1.99. The number of fused-ring (bicyclic) bond motifs is 11.